The van der Waals surface area contributed by atoms with Gasteiger partial charge in [0.15, 0.2) is 0 Å². The van der Waals surface area contributed by atoms with Crippen molar-refractivity contribution in [3.63, 3.8) is 0 Å². The number of imide groups is 1. The van der Waals surface area contributed by atoms with E-state index in [1.165, 1.54) is 0 Å². The number of aromatic nitrogens is 2. The molecule has 6 amide bonds. The highest BCUT2D eigenvalue weighted by Crippen LogP contribution is 2.27. The third-order valence-electron chi connectivity index (χ3n) is 7.91. The molecule has 0 radical (unpaired) electrons. The number of nitrogens with one attached hydrogen (secondary N) is 4. The van der Waals surface area contributed by atoms with Gasteiger partial charge in [-0.1, -0.05) is 50.6 Å². The molecular weight excluding hydrogens is 546 g/mol. The molecule has 3 aromatic rings. The number of carbonyl (C=O) groups excluding carboxylic acids is 4. The van der Waals surface area contributed by atoms with Crippen LogP contribution in [0.4, 0.5) is 21.1 Å². The minimum absolute atomic E-state index is 0.0305. The number of likely N-dealkylation sites (tertiary alicyclic amines) is 1. The summed E-state index contributed by atoms with van der Waals surface area (Å²) in [6.45, 7) is 9.47. The van der Waals surface area contributed by atoms with E-state index in [1.807, 2.05) is 61.5 Å². The number of amides is 6. The summed E-state index contributed by atoms with van der Waals surface area (Å²) in [6.07, 6.45) is 2.51. The third-order valence-corrected chi connectivity index (χ3v) is 7.91. The summed E-state index contributed by atoms with van der Waals surface area (Å²) in [4.78, 5) is 50.7. The van der Waals surface area contributed by atoms with Crippen molar-refractivity contribution in [1.29, 1.82) is 0 Å². The first-order valence-electron chi connectivity index (χ1n) is 14.7. The number of aryl methyl sites for hydroxylation is 1. The topological polar surface area (TPSA) is 137 Å². The maximum absolute atomic E-state index is 13.0. The van der Waals surface area contributed by atoms with E-state index < -0.39 is 18.0 Å². The Bertz CT molecular complexity index is 1480. The van der Waals surface area contributed by atoms with Gasteiger partial charge in [-0.25, -0.2) is 14.3 Å². The van der Waals surface area contributed by atoms with Crippen LogP contribution in [0.5, 0.6) is 0 Å². The molecule has 2 aliphatic rings. The van der Waals surface area contributed by atoms with E-state index in [4.69, 9.17) is 5.10 Å². The minimum Gasteiger partial charge on any atom is -0.341 e. The zero-order valence-corrected chi connectivity index (χ0v) is 25.1. The molecular formula is C32H39N7O4. The molecule has 11 heteroatoms. The predicted octanol–water partition coefficient (Wildman–Crippen LogP) is 4.50. The quantitative estimate of drug-likeness (QED) is 0.338. The van der Waals surface area contributed by atoms with Crippen molar-refractivity contribution in [2.45, 2.75) is 64.8 Å². The Morgan fingerprint density at radius 3 is 2.28 bits per heavy atom. The first kappa shape index (κ1) is 29.8. The predicted molar refractivity (Wildman–Crippen MR) is 164 cm³/mol. The van der Waals surface area contributed by atoms with E-state index in [2.05, 4.69) is 42.0 Å². The zero-order valence-electron chi connectivity index (χ0n) is 25.1. The van der Waals surface area contributed by atoms with Crippen molar-refractivity contribution < 1.29 is 19.2 Å². The molecule has 0 saturated carbocycles. The number of carbonyl (C=O) groups is 4. The summed E-state index contributed by atoms with van der Waals surface area (Å²) < 4.78 is 1.75. The van der Waals surface area contributed by atoms with Crippen LogP contribution in [0, 0.1) is 12.8 Å². The lowest BCUT2D eigenvalue weighted by Gasteiger charge is -2.35. The fourth-order valence-electron chi connectivity index (χ4n) is 5.39. The van der Waals surface area contributed by atoms with Gasteiger partial charge in [-0.05, 0) is 61.9 Å². The molecule has 5 rings (SSSR count). The lowest BCUT2D eigenvalue weighted by Crippen LogP contribution is -2.59. The lowest BCUT2D eigenvalue weighted by atomic mass is 9.89. The molecule has 0 bridgehead atoms. The number of benzene rings is 2. The molecule has 3 heterocycles. The number of anilines is 2. The summed E-state index contributed by atoms with van der Waals surface area (Å²) in [7, 11) is 0. The summed E-state index contributed by atoms with van der Waals surface area (Å²) >= 11 is 0. The average molecular weight is 586 g/mol. The van der Waals surface area contributed by atoms with Crippen LogP contribution in [-0.2, 0) is 21.4 Å². The van der Waals surface area contributed by atoms with Crippen molar-refractivity contribution in [2.24, 2.45) is 5.92 Å². The summed E-state index contributed by atoms with van der Waals surface area (Å²) in [5, 5.41) is 15.3. The number of hydrogen-bond donors (Lipinski definition) is 4. The molecule has 43 heavy (non-hydrogen) atoms. The Balaban J connectivity index is 1.14. The Morgan fingerprint density at radius 1 is 0.977 bits per heavy atom. The van der Waals surface area contributed by atoms with Crippen LogP contribution in [0.1, 0.15) is 56.9 Å². The van der Waals surface area contributed by atoms with Crippen molar-refractivity contribution in [3.05, 3.63) is 71.4 Å². The second kappa shape index (κ2) is 12.3. The van der Waals surface area contributed by atoms with Crippen LogP contribution in [-0.4, -0.2) is 57.7 Å². The molecule has 0 spiro atoms. The minimum atomic E-state index is -0.793. The van der Waals surface area contributed by atoms with Crippen LogP contribution in [0.3, 0.4) is 0 Å². The average Bonchev–Trinajstić information content (AvgIpc) is 3.38. The normalized spacial score (nSPS) is 17.7. The molecule has 1 aromatic heterocycles. The van der Waals surface area contributed by atoms with Gasteiger partial charge in [-0.3, -0.25) is 20.2 Å². The van der Waals surface area contributed by atoms with E-state index >= 15 is 0 Å². The zero-order chi connectivity index (χ0) is 30.7. The van der Waals surface area contributed by atoms with Gasteiger partial charge in [0.05, 0.1) is 17.8 Å². The van der Waals surface area contributed by atoms with Gasteiger partial charge < -0.3 is 15.5 Å². The number of rotatable bonds is 6. The van der Waals surface area contributed by atoms with Crippen molar-refractivity contribution in [1.82, 2.24) is 25.3 Å². The highest BCUT2D eigenvalue weighted by atomic mass is 16.2. The standard InChI is InChI=1S/C32H39N7O4/c1-20-5-11-24(12-6-20)39-27(19-26(37-39)32(2,3)4)35-30(42)33-23-9-7-21(8-10-23)17-22-13-15-38(16-14-22)29(41)25-18-28(40)36-31(43)34-25/h5-12,19,22,25H,13-18H2,1-4H3,(H2,33,35,42)(H2,34,36,40,43)/t25-/m1/s1. The number of urea groups is 2. The highest BCUT2D eigenvalue weighted by molar-refractivity contribution is 6.02. The monoisotopic (exact) mass is 585 g/mol. The second-order valence-electron chi connectivity index (χ2n) is 12.4. The SMILES string of the molecule is Cc1ccc(-n2nc(C(C)(C)C)cc2NC(=O)Nc2ccc(CC3CCN(C(=O)[C@H]4CC(=O)NC(=O)N4)CC3)cc2)cc1. The van der Waals surface area contributed by atoms with Crippen LogP contribution >= 0.6 is 0 Å². The first-order chi connectivity index (χ1) is 20.4. The second-order valence-corrected chi connectivity index (χ2v) is 12.4. The molecule has 0 unspecified atom stereocenters. The van der Waals surface area contributed by atoms with Gasteiger partial charge in [0.1, 0.15) is 11.9 Å². The van der Waals surface area contributed by atoms with E-state index in [1.54, 1.807) is 9.58 Å². The van der Waals surface area contributed by atoms with E-state index in [0.29, 0.717) is 30.5 Å². The van der Waals surface area contributed by atoms with E-state index in [0.717, 1.165) is 41.8 Å². The molecule has 4 N–H and O–H groups in total. The fraction of sp³-hybridized carbons (Fsp3) is 0.406. The number of nitrogens with zero attached hydrogens (tertiary/aromatic N) is 3. The van der Waals surface area contributed by atoms with Gasteiger partial charge >= 0.3 is 12.1 Å². The molecule has 2 saturated heterocycles. The van der Waals surface area contributed by atoms with E-state index in [9.17, 15) is 19.2 Å². The maximum atomic E-state index is 13.0. The van der Waals surface area contributed by atoms with Crippen LogP contribution in [0.2, 0.25) is 0 Å². The summed E-state index contributed by atoms with van der Waals surface area (Å²) in [5.41, 5.74) is 4.53. The number of hydrogen-bond acceptors (Lipinski definition) is 5. The molecule has 1 atom stereocenters. The van der Waals surface area contributed by atoms with Crippen molar-refractivity contribution in [3.8, 4) is 5.69 Å². The summed E-state index contributed by atoms with van der Waals surface area (Å²) in [6, 6.07) is 15.9. The highest BCUT2D eigenvalue weighted by Gasteiger charge is 2.34. The summed E-state index contributed by atoms with van der Waals surface area (Å²) in [5.74, 6) is 0.360. The van der Waals surface area contributed by atoms with Crippen LogP contribution < -0.4 is 21.3 Å². The Labute approximate surface area is 251 Å². The molecule has 2 aromatic carbocycles. The molecule has 2 aliphatic heterocycles. The Hall–Kier alpha value is -4.67. The number of piperidine rings is 1. The first-order valence-corrected chi connectivity index (χ1v) is 14.7. The lowest BCUT2D eigenvalue weighted by molar-refractivity contribution is -0.137. The van der Waals surface area contributed by atoms with Gasteiger partial charge in [0.2, 0.25) is 11.8 Å². The largest absolute Gasteiger partial charge is 0.341 e. The smallest absolute Gasteiger partial charge is 0.324 e. The molecule has 2 fully saturated rings. The van der Waals surface area contributed by atoms with E-state index in [-0.39, 0.29) is 23.8 Å². The van der Waals surface area contributed by atoms with Gasteiger partial charge in [-0.15, -0.1) is 0 Å². The van der Waals surface area contributed by atoms with Crippen molar-refractivity contribution >= 4 is 35.4 Å². The van der Waals surface area contributed by atoms with Gasteiger partial charge in [0.25, 0.3) is 0 Å². The fourth-order valence-corrected chi connectivity index (χ4v) is 5.39. The third kappa shape index (κ3) is 7.40. The molecule has 226 valence electrons. The maximum Gasteiger partial charge on any atom is 0.324 e. The molecule has 0 aliphatic carbocycles. The Kier molecular flexibility index (Phi) is 8.52. The van der Waals surface area contributed by atoms with Crippen molar-refractivity contribution in [2.75, 3.05) is 23.7 Å². The van der Waals surface area contributed by atoms with Crippen LogP contribution in [0.15, 0.2) is 54.6 Å². The van der Waals surface area contributed by atoms with Gasteiger partial charge in [-0.2, -0.15) is 5.10 Å². The Morgan fingerprint density at radius 2 is 1.65 bits per heavy atom. The molecule has 11 nitrogen and oxygen atoms in total. The van der Waals surface area contributed by atoms with Gasteiger partial charge in [0, 0.05) is 30.3 Å². The van der Waals surface area contributed by atoms with Crippen LogP contribution in [0.25, 0.3) is 5.69 Å².